The van der Waals surface area contributed by atoms with E-state index in [1.54, 1.807) is 12.1 Å². The Morgan fingerprint density at radius 1 is 1.25 bits per heavy atom. The van der Waals surface area contributed by atoms with Crippen molar-refractivity contribution in [2.24, 2.45) is 0 Å². The van der Waals surface area contributed by atoms with Crippen molar-refractivity contribution in [1.29, 1.82) is 0 Å². The number of hydrogen-bond donors (Lipinski definition) is 1. The number of alkyl halides is 3. The summed E-state index contributed by atoms with van der Waals surface area (Å²) in [7, 11) is 0. The van der Waals surface area contributed by atoms with E-state index >= 15 is 0 Å². The van der Waals surface area contributed by atoms with Crippen LogP contribution in [0.15, 0.2) is 41.3 Å². The maximum absolute atomic E-state index is 12.9. The smallest absolute Gasteiger partial charge is 0.369 e. The number of halogens is 4. The summed E-state index contributed by atoms with van der Waals surface area (Å²) < 4.78 is 39.3. The Morgan fingerprint density at radius 3 is 2.36 bits per heavy atom. The van der Waals surface area contributed by atoms with Crippen LogP contribution in [0.1, 0.15) is 26.3 Å². The van der Waals surface area contributed by atoms with Crippen molar-refractivity contribution in [3.8, 4) is 0 Å². The Bertz CT molecular complexity index is 893. The number of nitrogens with zero attached hydrogens (tertiary/aromatic N) is 2. The molecule has 0 saturated carbocycles. The summed E-state index contributed by atoms with van der Waals surface area (Å²) in [5.41, 5.74) is -0.505. The van der Waals surface area contributed by atoms with Gasteiger partial charge in [0.15, 0.2) is 0 Å². The van der Waals surface area contributed by atoms with E-state index in [0.717, 1.165) is 12.2 Å². The molecule has 0 aliphatic rings. The Kier molecular flexibility index (Phi) is 6.77. The predicted octanol–water partition coefficient (Wildman–Crippen LogP) is 4.39. The van der Waals surface area contributed by atoms with Crippen LogP contribution in [-0.2, 0) is 17.5 Å². The number of anilines is 2. The summed E-state index contributed by atoms with van der Waals surface area (Å²) in [6.07, 6.45) is -4.09. The number of nitrogens with one attached hydrogen (secondary N) is 1. The van der Waals surface area contributed by atoms with Crippen molar-refractivity contribution in [3.63, 3.8) is 0 Å². The van der Waals surface area contributed by atoms with Crippen LogP contribution in [0.2, 0.25) is 5.02 Å². The van der Waals surface area contributed by atoms with E-state index < -0.39 is 34.8 Å². The van der Waals surface area contributed by atoms with E-state index in [1.165, 1.54) is 0 Å². The molecule has 0 unspecified atom stereocenters. The lowest BCUT2D eigenvalue weighted by molar-refractivity contribution is -0.138. The number of rotatable bonds is 6. The fourth-order valence-electron chi connectivity index (χ4n) is 2.81. The van der Waals surface area contributed by atoms with Crippen LogP contribution in [0.25, 0.3) is 0 Å². The summed E-state index contributed by atoms with van der Waals surface area (Å²) in [5, 5.41) is 1.97. The summed E-state index contributed by atoms with van der Waals surface area (Å²) in [5.74, 6) is -0.638. The van der Waals surface area contributed by atoms with Gasteiger partial charge in [-0.15, -0.1) is 0 Å². The van der Waals surface area contributed by atoms with Gasteiger partial charge in [-0.25, -0.2) is 0 Å². The molecule has 1 aromatic heterocycles. The first-order valence-electron chi connectivity index (χ1n) is 8.66. The van der Waals surface area contributed by atoms with Crippen molar-refractivity contribution in [1.82, 2.24) is 4.57 Å². The van der Waals surface area contributed by atoms with E-state index in [2.05, 4.69) is 24.1 Å². The van der Waals surface area contributed by atoms with Crippen LogP contribution in [0.4, 0.5) is 24.5 Å². The molecule has 152 valence electrons. The fraction of sp³-hybridized carbons (Fsp3) is 0.368. The first-order chi connectivity index (χ1) is 13.0. The molecule has 1 amide bonds. The molecule has 0 atom stereocenters. The molecule has 0 radical (unpaired) electrons. The monoisotopic (exact) mass is 415 g/mol. The quantitative estimate of drug-likeness (QED) is 0.761. The van der Waals surface area contributed by atoms with E-state index in [1.807, 2.05) is 19.1 Å². The summed E-state index contributed by atoms with van der Waals surface area (Å²) >= 11 is 5.59. The van der Waals surface area contributed by atoms with Gasteiger partial charge in [-0.2, -0.15) is 13.2 Å². The molecular formula is C19H21ClF3N3O2. The number of pyridine rings is 1. The van der Waals surface area contributed by atoms with Crippen LogP contribution in [0.5, 0.6) is 0 Å². The maximum Gasteiger partial charge on any atom is 0.417 e. The number of carbonyl (C=O) groups is 1. The van der Waals surface area contributed by atoms with E-state index in [0.29, 0.717) is 28.6 Å². The van der Waals surface area contributed by atoms with E-state index in [-0.39, 0.29) is 0 Å². The fourth-order valence-corrected chi connectivity index (χ4v) is 3.04. The van der Waals surface area contributed by atoms with Crippen molar-refractivity contribution in [3.05, 3.63) is 57.5 Å². The zero-order chi connectivity index (χ0) is 21.1. The molecule has 0 fully saturated rings. The third-order valence-corrected chi connectivity index (χ3v) is 4.40. The molecule has 0 aliphatic carbocycles. The molecular weight excluding hydrogens is 395 g/mol. The molecule has 1 aromatic carbocycles. The van der Waals surface area contributed by atoms with Crippen molar-refractivity contribution < 1.29 is 18.0 Å². The molecule has 5 nitrogen and oxygen atoms in total. The van der Waals surface area contributed by atoms with Gasteiger partial charge in [0.25, 0.3) is 5.56 Å². The second-order valence-corrected chi connectivity index (χ2v) is 6.89. The average Bonchev–Trinajstić information content (AvgIpc) is 2.59. The normalized spacial score (nSPS) is 11.6. The molecule has 0 bridgehead atoms. The molecule has 0 spiro atoms. The van der Waals surface area contributed by atoms with E-state index in [4.69, 9.17) is 11.6 Å². The highest BCUT2D eigenvalue weighted by Gasteiger charge is 2.32. The SMILES string of the molecule is CCN(c1ccc(NC(=O)Cn2cc(C(F)(F)F)cc(Cl)c2=O)cc1)C(C)C. The summed E-state index contributed by atoms with van der Waals surface area (Å²) in [6, 6.07) is 7.92. The van der Waals surface area contributed by atoms with Gasteiger partial charge < -0.3 is 14.8 Å². The number of benzene rings is 1. The molecule has 0 saturated heterocycles. The van der Waals surface area contributed by atoms with Gasteiger partial charge in [-0.1, -0.05) is 11.6 Å². The Labute approximate surface area is 165 Å². The van der Waals surface area contributed by atoms with Crippen molar-refractivity contribution in [2.75, 3.05) is 16.8 Å². The minimum atomic E-state index is -4.67. The minimum Gasteiger partial charge on any atom is -0.369 e. The lowest BCUT2D eigenvalue weighted by atomic mass is 10.2. The van der Waals surface area contributed by atoms with Gasteiger partial charge in [-0.3, -0.25) is 9.59 Å². The lowest BCUT2D eigenvalue weighted by Gasteiger charge is -2.27. The molecule has 28 heavy (non-hydrogen) atoms. The van der Waals surface area contributed by atoms with Gasteiger partial charge in [0.1, 0.15) is 11.6 Å². The third kappa shape index (κ3) is 5.28. The number of carbonyl (C=O) groups excluding carboxylic acids is 1. The Balaban J connectivity index is 2.15. The van der Waals surface area contributed by atoms with Gasteiger partial charge in [-0.05, 0) is 51.1 Å². The highest BCUT2D eigenvalue weighted by atomic mass is 35.5. The summed E-state index contributed by atoms with van der Waals surface area (Å²) in [4.78, 5) is 26.3. The van der Waals surface area contributed by atoms with Gasteiger partial charge in [0, 0.05) is 30.2 Å². The molecule has 2 rings (SSSR count). The predicted molar refractivity (Wildman–Crippen MR) is 104 cm³/mol. The molecule has 1 heterocycles. The standard InChI is InChI=1S/C19H21ClF3N3O2/c1-4-26(12(2)3)15-7-5-14(6-8-15)24-17(27)11-25-10-13(19(21,22)23)9-16(20)18(25)28/h5-10,12H,4,11H2,1-3H3,(H,24,27). The Morgan fingerprint density at radius 2 is 1.86 bits per heavy atom. The average molecular weight is 416 g/mol. The van der Waals surface area contributed by atoms with Crippen LogP contribution in [-0.4, -0.2) is 23.1 Å². The molecule has 0 aliphatic heterocycles. The van der Waals surface area contributed by atoms with Crippen LogP contribution < -0.4 is 15.8 Å². The van der Waals surface area contributed by atoms with Crippen LogP contribution in [0.3, 0.4) is 0 Å². The summed E-state index contributed by atoms with van der Waals surface area (Å²) in [6.45, 7) is 6.40. The number of aromatic nitrogens is 1. The lowest BCUT2D eigenvalue weighted by Crippen LogP contribution is -2.30. The number of hydrogen-bond acceptors (Lipinski definition) is 3. The third-order valence-electron chi connectivity index (χ3n) is 4.13. The molecule has 2 aromatic rings. The topological polar surface area (TPSA) is 54.3 Å². The minimum absolute atomic E-state index is 0.308. The van der Waals surface area contributed by atoms with Crippen molar-refractivity contribution >= 4 is 28.9 Å². The maximum atomic E-state index is 12.9. The van der Waals surface area contributed by atoms with Crippen LogP contribution in [0, 0.1) is 0 Å². The zero-order valence-electron chi connectivity index (χ0n) is 15.7. The van der Waals surface area contributed by atoms with Gasteiger partial charge in [0.05, 0.1) is 5.56 Å². The second-order valence-electron chi connectivity index (χ2n) is 6.48. The second kappa shape index (κ2) is 8.68. The van der Waals surface area contributed by atoms with E-state index in [9.17, 15) is 22.8 Å². The van der Waals surface area contributed by atoms with Gasteiger partial charge in [0.2, 0.25) is 5.91 Å². The zero-order valence-corrected chi connectivity index (χ0v) is 16.4. The largest absolute Gasteiger partial charge is 0.417 e. The van der Waals surface area contributed by atoms with Crippen LogP contribution >= 0.6 is 11.6 Å². The van der Waals surface area contributed by atoms with Gasteiger partial charge >= 0.3 is 6.18 Å². The first-order valence-corrected chi connectivity index (χ1v) is 9.04. The Hall–Kier alpha value is -2.48. The molecule has 9 heteroatoms. The highest BCUT2D eigenvalue weighted by molar-refractivity contribution is 6.30. The molecule has 1 N–H and O–H groups in total. The highest BCUT2D eigenvalue weighted by Crippen LogP contribution is 2.29. The first kappa shape index (κ1) is 21.8. The number of amides is 1. The van der Waals surface area contributed by atoms with Crippen molar-refractivity contribution in [2.45, 2.75) is 39.5 Å².